The number of rotatable bonds is 3. The first-order valence-corrected chi connectivity index (χ1v) is 3.49. The van der Waals surface area contributed by atoms with Gasteiger partial charge in [0.1, 0.15) is 6.73 Å². The van der Waals surface area contributed by atoms with Crippen molar-refractivity contribution in [2.45, 2.75) is 0 Å². The monoisotopic (exact) mass is 185 g/mol. The van der Waals surface area contributed by atoms with E-state index in [4.69, 9.17) is 26.7 Å². The highest BCUT2D eigenvalue weighted by molar-refractivity contribution is 5.58. The number of ether oxygens (including phenoxy) is 2. The zero-order chi connectivity index (χ0) is 9.84. The lowest BCUT2D eigenvalue weighted by atomic mass is 10.5. The molecule has 0 bridgehead atoms. The number of nitrogen functional groups attached to an aromatic ring is 2. The molecule has 0 unspecified atom stereocenters. The minimum atomic E-state index is -0.0379. The van der Waals surface area contributed by atoms with Crippen LogP contribution in [0.15, 0.2) is 0 Å². The average Bonchev–Trinajstić information content (AvgIpc) is 2.11. The predicted molar refractivity (Wildman–Crippen MR) is 47.1 cm³/mol. The zero-order valence-electron chi connectivity index (χ0n) is 7.15. The van der Waals surface area contributed by atoms with E-state index in [0.29, 0.717) is 0 Å². The third-order valence-corrected chi connectivity index (χ3v) is 1.31. The molecule has 1 heterocycles. The van der Waals surface area contributed by atoms with Gasteiger partial charge in [-0.1, -0.05) is 0 Å². The predicted octanol–water partition coefficient (Wildman–Crippen LogP) is -1.06. The summed E-state index contributed by atoms with van der Waals surface area (Å²) < 4.78 is 9.74. The largest absolute Gasteiger partial charge is 0.479 e. The van der Waals surface area contributed by atoms with Crippen LogP contribution in [-0.4, -0.2) is 23.8 Å². The van der Waals surface area contributed by atoms with Gasteiger partial charge in [0.05, 0.1) is 7.11 Å². The standard InChI is InChI=1S/C6H11N5O2/c1-12-4-3(8)5(13-2-7)11-6(9)10-4/h2,7-8H2,1H3,(H2,9,10,11). The minimum Gasteiger partial charge on any atom is -0.479 e. The van der Waals surface area contributed by atoms with Crippen molar-refractivity contribution in [3.63, 3.8) is 0 Å². The molecular weight excluding hydrogens is 174 g/mol. The molecule has 0 atom stereocenters. The molecule has 1 rings (SSSR count). The Hall–Kier alpha value is -1.76. The molecule has 6 N–H and O–H groups in total. The van der Waals surface area contributed by atoms with Gasteiger partial charge >= 0.3 is 0 Å². The lowest BCUT2D eigenvalue weighted by molar-refractivity contribution is 0.314. The van der Waals surface area contributed by atoms with Crippen molar-refractivity contribution in [2.24, 2.45) is 5.73 Å². The van der Waals surface area contributed by atoms with Crippen molar-refractivity contribution in [3.05, 3.63) is 0 Å². The highest BCUT2D eigenvalue weighted by Gasteiger charge is 2.11. The Bertz CT molecular complexity index is 303. The van der Waals surface area contributed by atoms with E-state index in [1.54, 1.807) is 0 Å². The molecule has 0 aliphatic carbocycles. The van der Waals surface area contributed by atoms with Crippen molar-refractivity contribution in [1.29, 1.82) is 0 Å². The second-order valence-electron chi connectivity index (χ2n) is 2.12. The lowest BCUT2D eigenvalue weighted by Gasteiger charge is -2.08. The molecule has 0 spiro atoms. The molecule has 0 aliphatic rings. The number of anilines is 2. The van der Waals surface area contributed by atoms with E-state index >= 15 is 0 Å². The van der Waals surface area contributed by atoms with Crippen molar-refractivity contribution in [2.75, 3.05) is 25.3 Å². The van der Waals surface area contributed by atoms with Gasteiger partial charge in [-0.2, -0.15) is 9.97 Å². The summed E-state index contributed by atoms with van der Waals surface area (Å²) in [5, 5.41) is 0. The molecule has 0 fully saturated rings. The van der Waals surface area contributed by atoms with Crippen LogP contribution in [0.1, 0.15) is 0 Å². The Morgan fingerprint density at radius 2 is 1.85 bits per heavy atom. The first-order chi connectivity index (χ1) is 6.19. The molecule has 13 heavy (non-hydrogen) atoms. The number of hydrogen-bond acceptors (Lipinski definition) is 7. The van der Waals surface area contributed by atoms with Crippen molar-refractivity contribution in [1.82, 2.24) is 9.97 Å². The molecule has 0 aliphatic heterocycles. The van der Waals surface area contributed by atoms with Crippen LogP contribution < -0.4 is 26.7 Å². The zero-order valence-corrected chi connectivity index (χ0v) is 7.15. The Kier molecular flexibility index (Phi) is 2.70. The lowest BCUT2D eigenvalue weighted by Crippen LogP contribution is -2.12. The van der Waals surface area contributed by atoms with E-state index in [1.165, 1.54) is 7.11 Å². The van der Waals surface area contributed by atoms with Crippen LogP contribution in [0.25, 0.3) is 0 Å². The summed E-state index contributed by atoms with van der Waals surface area (Å²) in [6.45, 7) is -0.0379. The quantitative estimate of drug-likeness (QED) is 0.513. The van der Waals surface area contributed by atoms with E-state index in [1.807, 2.05) is 0 Å². The van der Waals surface area contributed by atoms with Gasteiger partial charge in [-0.3, -0.25) is 5.73 Å². The topological polar surface area (TPSA) is 122 Å². The van der Waals surface area contributed by atoms with Crippen LogP contribution >= 0.6 is 0 Å². The number of nitrogens with zero attached hydrogens (tertiary/aromatic N) is 2. The normalized spacial score (nSPS) is 9.69. The molecule has 0 radical (unpaired) electrons. The van der Waals surface area contributed by atoms with Crippen LogP contribution in [0.4, 0.5) is 11.6 Å². The maximum Gasteiger partial charge on any atom is 0.247 e. The average molecular weight is 185 g/mol. The summed E-state index contributed by atoms with van der Waals surface area (Å²) in [7, 11) is 1.42. The fraction of sp³-hybridized carbons (Fsp3) is 0.333. The van der Waals surface area contributed by atoms with Gasteiger partial charge in [0.15, 0.2) is 5.69 Å². The van der Waals surface area contributed by atoms with Crippen molar-refractivity contribution < 1.29 is 9.47 Å². The van der Waals surface area contributed by atoms with E-state index in [9.17, 15) is 0 Å². The molecule has 1 aromatic heterocycles. The van der Waals surface area contributed by atoms with Gasteiger partial charge in [-0.05, 0) is 0 Å². The number of aromatic nitrogens is 2. The van der Waals surface area contributed by atoms with Gasteiger partial charge in [0, 0.05) is 0 Å². The van der Waals surface area contributed by atoms with Crippen LogP contribution in [0, 0.1) is 0 Å². The number of nitrogens with two attached hydrogens (primary N) is 3. The summed E-state index contributed by atoms with van der Waals surface area (Å²) in [6.07, 6.45) is 0. The maximum absolute atomic E-state index is 5.56. The molecule has 72 valence electrons. The Balaban J connectivity index is 3.11. The van der Waals surface area contributed by atoms with Gasteiger partial charge < -0.3 is 20.9 Å². The molecule has 7 heteroatoms. The molecular formula is C6H11N5O2. The van der Waals surface area contributed by atoms with Gasteiger partial charge in [0.25, 0.3) is 0 Å². The fourth-order valence-electron chi connectivity index (χ4n) is 0.790. The second-order valence-corrected chi connectivity index (χ2v) is 2.12. The summed E-state index contributed by atoms with van der Waals surface area (Å²) >= 11 is 0. The van der Waals surface area contributed by atoms with Gasteiger partial charge in [-0.25, -0.2) is 0 Å². The van der Waals surface area contributed by atoms with Gasteiger partial charge in [-0.15, -0.1) is 0 Å². The summed E-state index contributed by atoms with van der Waals surface area (Å²) in [5.41, 5.74) is 16.3. The molecule has 0 saturated heterocycles. The SMILES string of the molecule is COc1nc(N)nc(OCN)c1N. The molecule has 0 saturated carbocycles. The second kappa shape index (κ2) is 3.76. The van der Waals surface area contributed by atoms with Crippen LogP contribution in [0.2, 0.25) is 0 Å². The Labute approximate surface area is 74.8 Å². The summed E-state index contributed by atoms with van der Waals surface area (Å²) in [5.74, 6) is 0.331. The van der Waals surface area contributed by atoms with E-state index in [2.05, 4.69) is 9.97 Å². The summed E-state index contributed by atoms with van der Waals surface area (Å²) in [6, 6.07) is 0. The maximum atomic E-state index is 5.56. The molecule has 0 amide bonds. The third-order valence-electron chi connectivity index (χ3n) is 1.31. The molecule has 7 nitrogen and oxygen atoms in total. The highest BCUT2D eigenvalue weighted by atomic mass is 16.5. The number of hydrogen-bond donors (Lipinski definition) is 3. The minimum absolute atomic E-state index is 0.0227. The Morgan fingerprint density at radius 3 is 2.38 bits per heavy atom. The molecule has 0 aromatic carbocycles. The highest BCUT2D eigenvalue weighted by Crippen LogP contribution is 2.27. The first kappa shape index (κ1) is 9.33. The van der Waals surface area contributed by atoms with Crippen LogP contribution in [0.5, 0.6) is 11.8 Å². The van der Waals surface area contributed by atoms with Crippen molar-refractivity contribution in [3.8, 4) is 11.8 Å². The van der Waals surface area contributed by atoms with Crippen LogP contribution in [-0.2, 0) is 0 Å². The van der Waals surface area contributed by atoms with Gasteiger partial charge in [0.2, 0.25) is 17.7 Å². The third kappa shape index (κ3) is 1.88. The van der Waals surface area contributed by atoms with Crippen molar-refractivity contribution >= 4 is 11.6 Å². The smallest absolute Gasteiger partial charge is 0.247 e. The first-order valence-electron chi connectivity index (χ1n) is 3.49. The summed E-state index contributed by atoms with van der Waals surface area (Å²) in [4.78, 5) is 7.46. The van der Waals surface area contributed by atoms with Crippen LogP contribution in [0.3, 0.4) is 0 Å². The number of methoxy groups -OCH3 is 1. The van der Waals surface area contributed by atoms with E-state index in [-0.39, 0.29) is 30.1 Å². The Morgan fingerprint density at radius 1 is 1.23 bits per heavy atom. The van der Waals surface area contributed by atoms with E-state index in [0.717, 1.165) is 0 Å². The fourth-order valence-corrected chi connectivity index (χ4v) is 0.790. The molecule has 1 aromatic rings. The van der Waals surface area contributed by atoms with E-state index < -0.39 is 0 Å².